The molecule has 2 aromatic carbocycles. The third-order valence-corrected chi connectivity index (χ3v) is 5.41. The molecule has 32 heavy (non-hydrogen) atoms. The molecule has 0 aliphatic rings. The van der Waals surface area contributed by atoms with Crippen LogP contribution in [0.15, 0.2) is 48.5 Å². The Morgan fingerprint density at radius 3 is 1.28 bits per heavy atom. The highest BCUT2D eigenvalue weighted by Crippen LogP contribution is 2.20. The van der Waals surface area contributed by atoms with Crippen LogP contribution in [-0.2, 0) is 9.59 Å². The van der Waals surface area contributed by atoms with E-state index in [0.717, 1.165) is 37.3 Å². The van der Waals surface area contributed by atoms with Gasteiger partial charge in [-0.1, -0.05) is 0 Å². The van der Waals surface area contributed by atoms with Gasteiger partial charge in [0, 0.05) is 62.5 Å². The number of rotatable bonds is 14. The number of carboxylic acids is 2. The molecular formula is C25H32N2O5. The van der Waals surface area contributed by atoms with Crippen LogP contribution in [0.5, 0.6) is 0 Å². The molecule has 0 fully saturated rings. The van der Waals surface area contributed by atoms with Crippen LogP contribution in [0.4, 0.5) is 11.4 Å². The summed E-state index contributed by atoms with van der Waals surface area (Å²) in [7, 11) is 3.91. The summed E-state index contributed by atoms with van der Waals surface area (Å²) >= 11 is 0. The van der Waals surface area contributed by atoms with Crippen LogP contribution in [0.3, 0.4) is 0 Å². The number of nitrogens with zero attached hydrogens (tertiary/aromatic N) is 2. The number of unbranched alkanes of at least 4 members (excludes halogenated alkanes) is 2. The first-order valence-corrected chi connectivity index (χ1v) is 10.9. The molecule has 0 unspecified atom stereocenters. The summed E-state index contributed by atoms with van der Waals surface area (Å²) in [4.78, 5) is 38.1. The van der Waals surface area contributed by atoms with E-state index in [-0.39, 0.29) is 18.6 Å². The molecular weight excluding hydrogens is 408 g/mol. The van der Waals surface area contributed by atoms with Crippen LogP contribution in [0.25, 0.3) is 0 Å². The molecule has 0 saturated heterocycles. The molecule has 0 spiro atoms. The van der Waals surface area contributed by atoms with Crippen molar-refractivity contribution >= 4 is 29.1 Å². The van der Waals surface area contributed by atoms with Crippen molar-refractivity contribution in [3.63, 3.8) is 0 Å². The fourth-order valence-corrected chi connectivity index (χ4v) is 3.41. The third kappa shape index (κ3) is 8.06. The van der Waals surface area contributed by atoms with E-state index in [1.807, 2.05) is 62.6 Å². The van der Waals surface area contributed by atoms with Gasteiger partial charge in [-0.2, -0.15) is 0 Å². The van der Waals surface area contributed by atoms with E-state index in [1.54, 1.807) is 0 Å². The van der Waals surface area contributed by atoms with Crippen LogP contribution in [0.1, 0.15) is 54.4 Å². The topological polar surface area (TPSA) is 98.2 Å². The summed E-state index contributed by atoms with van der Waals surface area (Å²) in [6.07, 6.45) is 3.24. The monoisotopic (exact) mass is 440 g/mol. The first kappa shape index (κ1) is 24.9. The number of aliphatic carboxylic acids is 2. The molecule has 7 heteroatoms. The van der Waals surface area contributed by atoms with E-state index >= 15 is 0 Å². The largest absolute Gasteiger partial charge is 0.481 e. The highest BCUT2D eigenvalue weighted by molar-refractivity contribution is 6.09. The minimum atomic E-state index is -0.772. The average Bonchev–Trinajstić information content (AvgIpc) is 2.78. The molecule has 2 aromatic rings. The molecule has 0 atom stereocenters. The van der Waals surface area contributed by atoms with Crippen molar-refractivity contribution < 1.29 is 24.6 Å². The smallest absolute Gasteiger partial charge is 0.303 e. The second kappa shape index (κ2) is 12.5. The Bertz CT molecular complexity index is 820. The molecule has 0 radical (unpaired) electrons. The molecule has 0 bridgehead atoms. The van der Waals surface area contributed by atoms with E-state index in [4.69, 9.17) is 10.2 Å². The van der Waals surface area contributed by atoms with E-state index in [2.05, 4.69) is 9.80 Å². The molecule has 2 rings (SSSR count). The Morgan fingerprint density at radius 2 is 0.969 bits per heavy atom. The lowest BCUT2D eigenvalue weighted by atomic mass is 10.0. The molecule has 0 aliphatic carbocycles. The van der Waals surface area contributed by atoms with Crippen LogP contribution >= 0.6 is 0 Å². The lowest BCUT2D eigenvalue weighted by Gasteiger charge is -2.20. The van der Waals surface area contributed by atoms with Crippen molar-refractivity contribution in [2.45, 2.75) is 38.5 Å². The summed E-state index contributed by atoms with van der Waals surface area (Å²) < 4.78 is 0. The lowest BCUT2D eigenvalue weighted by Crippen LogP contribution is -2.19. The van der Waals surface area contributed by atoms with Gasteiger partial charge in [0.25, 0.3) is 0 Å². The van der Waals surface area contributed by atoms with Crippen molar-refractivity contribution in [2.24, 2.45) is 0 Å². The van der Waals surface area contributed by atoms with E-state index in [9.17, 15) is 14.4 Å². The van der Waals surface area contributed by atoms with Crippen molar-refractivity contribution in [2.75, 3.05) is 37.0 Å². The predicted molar refractivity (Wildman–Crippen MR) is 126 cm³/mol. The van der Waals surface area contributed by atoms with Crippen LogP contribution < -0.4 is 9.80 Å². The standard InChI is InChI=1S/C25H32N2O5/c1-26(17-5-3-7-23(28)29)21-13-9-19(10-14-21)25(32)20-11-15-22(16-12-20)27(2)18-6-4-8-24(30)31/h9-16H,3-8,17-18H2,1-2H3,(H,28,29)(H,30,31). The van der Waals surface area contributed by atoms with Crippen LogP contribution in [0, 0.1) is 0 Å². The summed E-state index contributed by atoms with van der Waals surface area (Å²) in [6.45, 7) is 1.51. The summed E-state index contributed by atoms with van der Waals surface area (Å²) in [5.41, 5.74) is 3.19. The zero-order valence-electron chi connectivity index (χ0n) is 18.8. The molecule has 2 N–H and O–H groups in total. The Labute approximate surface area is 189 Å². The average molecular weight is 441 g/mol. The highest BCUT2D eigenvalue weighted by Gasteiger charge is 2.11. The van der Waals surface area contributed by atoms with E-state index in [0.29, 0.717) is 24.0 Å². The van der Waals surface area contributed by atoms with Crippen molar-refractivity contribution in [3.8, 4) is 0 Å². The molecule has 0 aromatic heterocycles. The Morgan fingerprint density at radius 1 is 0.625 bits per heavy atom. The number of ketones is 1. The van der Waals surface area contributed by atoms with Crippen LogP contribution in [-0.4, -0.2) is 55.1 Å². The van der Waals surface area contributed by atoms with Gasteiger partial charge in [-0.05, 0) is 74.2 Å². The van der Waals surface area contributed by atoms with Gasteiger partial charge in [-0.3, -0.25) is 14.4 Å². The third-order valence-electron chi connectivity index (χ3n) is 5.41. The van der Waals surface area contributed by atoms with Gasteiger partial charge in [0.15, 0.2) is 5.78 Å². The number of carboxylic acid groups (broad SMARTS) is 2. The predicted octanol–water partition coefficient (Wildman–Crippen LogP) is 4.30. The molecule has 0 saturated carbocycles. The van der Waals surface area contributed by atoms with Crippen molar-refractivity contribution in [1.29, 1.82) is 0 Å². The fourth-order valence-electron chi connectivity index (χ4n) is 3.41. The van der Waals surface area contributed by atoms with Gasteiger partial charge in [-0.25, -0.2) is 0 Å². The summed E-state index contributed by atoms with van der Waals surface area (Å²) in [5.74, 6) is -1.59. The second-order valence-corrected chi connectivity index (χ2v) is 7.97. The van der Waals surface area contributed by atoms with Gasteiger partial charge in [-0.15, -0.1) is 0 Å². The molecule has 0 aliphatic heterocycles. The Hall–Kier alpha value is -3.35. The van der Waals surface area contributed by atoms with Crippen LogP contribution in [0.2, 0.25) is 0 Å². The first-order valence-electron chi connectivity index (χ1n) is 10.9. The number of carbonyl (C=O) groups excluding carboxylic acids is 1. The molecule has 172 valence electrons. The second-order valence-electron chi connectivity index (χ2n) is 7.97. The van der Waals surface area contributed by atoms with E-state index < -0.39 is 11.9 Å². The number of hydrogen-bond acceptors (Lipinski definition) is 5. The maximum Gasteiger partial charge on any atom is 0.303 e. The highest BCUT2D eigenvalue weighted by atomic mass is 16.4. The van der Waals surface area contributed by atoms with Gasteiger partial charge in [0.05, 0.1) is 0 Å². The van der Waals surface area contributed by atoms with Crippen molar-refractivity contribution in [3.05, 3.63) is 59.7 Å². The maximum atomic E-state index is 12.8. The molecule has 0 amide bonds. The normalized spacial score (nSPS) is 10.6. The fraction of sp³-hybridized carbons (Fsp3) is 0.400. The van der Waals surface area contributed by atoms with Crippen molar-refractivity contribution in [1.82, 2.24) is 0 Å². The van der Waals surface area contributed by atoms with E-state index in [1.165, 1.54) is 0 Å². The Balaban J connectivity index is 1.89. The Kier molecular flexibility index (Phi) is 9.73. The maximum absolute atomic E-state index is 12.8. The van der Waals surface area contributed by atoms with Gasteiger partial charge >= 0.3 is 11.9 Å². The number of hydrogen-bond donors (Lipinski definition) is 2. The van der Waals surface area contributed by atoms with Gasteiger partial charge < -0.3 is 20.0 Å². The number of anilines is 2. The zero-order chi connectivity index (χ0) is 23.5. The molecule has 0 heterocycles. The zero-order valence-corrected chi connectivity index (χ0v) is 18.8. The van der Waals surface area contributed by atoms with Gasteiger partial charge in [0.2, 0.25) is 0 Å². The summed E-state index contributed by atoms with van der Waals surface area (Å²) in [5, 5.41) is 17.4. The molecule has 7 nitrogen and oxygen atoms in total. The number of carbonyl (C=O) groups is 3. The first-order chi connectivity index (χ1) is 15.3. The van der Waals surface area contributed by atoms with Gasteiger partial charge in [0.1, 0.15) is 0 Å². The SMILES string of the molecule is CN(CCCCC(=O)O)c1ccc(C(=O)c2ccc(N(C)CCCCC(=O)O)cc2)cc1. The minimum absolute atomic E-state index is 0.0451. The number of benzene rings is 2. The minimum Gasteiger partial charge on any atom is -0.481 e. The quantitative estimate of drug-likeness (QED) is 0.334. The lowest BCUT2D eigenvalue weighted by molar-refractivity contribution is -0.138. The summed E-state index contributed by atoms with van der Waals surface area (Å²) in [6, 6.07) is 14.9.